The molecule has 0 amide bonds. The van der Waals surface area contributed by atoms with Gasteiger partial charge in [-0.25, -0.2) is 14.5 Å². The average Bonchev–Trinajstić information content (AvgIpc) is 3.08. The number of aryl methyl sites for hydroxylation is 2. The third kappa shape index (κ3) is 4.63. The summed E-state index contributed by atoms with van der Waals surface area (Å²) < 4.78 is 2.00. The highest BCUT2D eigenvalue weighted by Crippen LogP contribution is 2.23. The van der Waals surface area contributed by atoms with Gasteiger partial charge in [0.25, 0.3) is 0 Å². The number of hydrogen-bond acceptors (Lipinski definition) is 4. The number of carbonyl (C=O) groups is 1. The first-order valence-corrected chi connectivity index (χ1v) is 9.81. The molecule has 0 spiro atoms. The second kappa shape index (κ2) is 9.26. The Morgan fingerprint density at radius 3 is 2.54 bits per heavy atom. The summed E-state index contributed by atoms with van der Waals surface area (Å²) in [6.45, 7) is 4.98. The molecule has 0 bridgehead atoms. The maximum atomic E-state index is 11.4. The second-order valence-electron chi connectivity index (χ2n) is 6.88. The Morgan fingerprint density at radius 2 is 1.86 bits per heavy atom. The summed E-state index contributed by atoms with van der Waals surface area (Å²) in [7, 11) is 0. The standard InChI is InChI=1S/C22H26N4O2/c1-3-5-7-21-24-20(6-4-2)25-26(21)15-16-8-10-17(11-9-16)18-12-13-23-14-19(18)22(27)28/h8-14H,3-7,15H2,1-2H3,(H,27,28). The highest BCUT2D eigenvalue weighted by Gasteiger charge is 2.13. The van der Waals surface area contributed by atoms with Gasteiger partial charge < -0.3 is 5.11 Å². The molecule has 146 valence electrons. The summed E-state index contributed by atoms with van der Waals surface area (Å²) in [5.74, 6) is 0.976. The van der Waals surface area contributed by atoms with E-state index in [1.807, 2.05) is 28.9 Å². The van der Waals surface area contributed by atoms with E-state index < -0.39 is 5.97 Å². The van der Waals surface area contributed by atoms with Gasteiger partial charge in [-0.3, -0.25) is 4.98 Å². The summed E-state index contributed by atoms with van der Waals surface area (Å²) in [5, 5.41) is 14.1. The third-order valence-electron chi connectivity index (χ3n) is 4.67. The minimum atomic E-state index is -0.973. The molecule has 0 fully saturated rings. The molecule has 6 nitrogen and oxygen atoms in total. The normalized spacial score (nSPS) is 10.9. The van der Waals surface area contributed by atoms with Crippen molar-refractivity contribution in [3.05, 3.63) is 65.5 Å². The first kappa shape index (κ1) is 19.7. The van der Waals surface area contributed by atoms with Crippen LogP contribution < -0.4 is 0 Å². The number of aromatic carboxylic acids is 1. The number of unbranched alkanes of at least 4 members (excludes halogenated alkanes) is 1. The van der Waals surface area contributed by atoms with Crippen LogP contribution in [0.3, 0.4) is 0 Å². The fraction of sp³-hybridized carbons (Fsp3) is 0.364. The molecule has 1 N–H and O–H groups in total. The lowest BCUT2D eigenvalue weighted by Crippen LogP contribution is -2.07. The lowest BCUT2D eigenvalue weighted by atomic mass is 10.0. The molecule has 0 unspecified atom stereocenters. The number of pyridine rings is 1. The van der Waals surface area contributed by atoms with Crippen molar-refractivity contribution in [2.45, 2.75) is 52.5 Å². The molecule has 2 aromatic heterocycles. The maximum Gasteiger partial charge on any atom is 0.337 e. The number of rotatable bonds is 9. The fourth-order valence-corrected chi connectivity index (χ4v) is 3.18. The molecule has 1 aromatic carbocycles. The molecule has 0 atom stereocenters. The molecule has 0 saturated heterocycles. The van der Waals surface area contributed by atoms with Crippen LogP contribution >= 0.6 is 0 Å². The number of aromatic nitrogens is 4. The molecule has 0 radical (unpaired) electrons. The average molecular weight is 378 g/mol. The van der Waals surface area contributed by atoms with Gasteiger partial charge in [0.2, 0.25) is 0 Å². The Kier molecular flexibility index (Phi) is 6.53. The van der Waals surface area contributed by atoms with E-state index in [1.54, 1.807) is 12.3 Å². The molecule has 0 aliphatic carbocycles. The zero-order chi connectivity index (χ0) is 19.9. The van der Waals surface area contributed by atoms with Crippen LogP contribution in [-0.2, 0) is 19.4 Å². The summed E-state index contributed by atoms with van der Waals surface area (Å²) in [4.78, 5) is 20.1. The Morgan fingerprint density at radius 1 is 1.07 bits per heavy atom. The van der Waals surface area contributed by atoms with Gasteiger partial charge in [0.05, 0.1) is 12.1 Å². The van der Waals surface area contributed by atoms with Crippen LogP contribution in [0.1, 0.15) is 60.7 Å². The third-order valence-corrected chi connectivity index (χ3v) is 4.67. The monoisotopic (exact) mass is 378 g/mol. The summed E-state index contributed by atoms with van der Waals surface area (Å²) in [6.07, 6.45) is 8.08. The Labute approximate surface area is 165 Å². The number of carboxylic acid groups (broad SMARTS) is 1. The van der Waals surface area contributed by atoms with Gasteiger partial charge >= 0.3 is 5.97 Å². The van der Waals surface area contributed by atoms with Crippen LogP contribution in [-0.4, -0.2) is 30.8 Å². The number of hydrogen-bond donors (Lipinski definition) is 1. The van der Waals surface area contributed by atoms with Crippen molar-refractivity contribution < 1.29 is 9.90 Å². The molecule has 2 heterocycles. The molecule has 3 aromatic rings. The molecular weight excluding hydrogens is 352 g/mol. The first-order chi connectivity index (χ1) is 13.6. The largest absolute Gasteiger partial charge is 0.478 e. The zero-order valence-electron chi connectivity index (χ0n) is 16.4. The molecule has 3 rings (SSSR count). The first-order valence-electron chi connectivity index (χ1n) is 9.81. The SMILES string of the molecule is CCCCc1nc(CCC)nn1Cc1ccc(-c2ccncc2C(=O)O)cc1. The summed E-state index contributed by atoms with van der Waals surface area (Å²) >= 11 is 0. The number of carboxylic acids is 1. The molecule has 0 saturated carbocycles. The smallest absolute Gasteiger partial charge is 0.337 e. The van der Waals surface area contributed by atoms with E-state index >= 15 is 0 Å². The summed E-state index contributed by atoms with van der Waals surface area (Å²) in [6, 6.07) is 9.67. The van der Waals surface area contributed by atoms with Crippen molar-refractivity contribution >= 4 is 5.97 Å². The van der Waals surface area contributed by atoms with E-state index in [2.05, 4.69) is 23.9 Å². The molecule has 0 aliphatic rings. The molecule has 6 heteroatoms. The fourth-order valence-electron chi connectivity index (χ4n) is 3.18. The highest BCUT2D eigenvalue weighted by atomic mass is 16.4. The topological polar surface area (TPSA) is 80.9 Å². The second-order valence-corrected chi connectivity index (χ2v) is 6.88. The Bertz CT molecular complexity index is 932. The zero-order valence-corrected chi connectivity index (χ0v) is 16.4. The predicted octanol–water partition coefficient (Wildman–Crippen LogP) is 4.38. The van der Waals surface area contributed by atoms with E-state index in [4.69, 9.17) is 4.98 Å². The molecule has 0 aliphatic heterocycles. The van der Waals surface area contributed by atoms with Crippen molar-refractivity contribution in [2.75, 3.05) is 0 Å². The van der Waals surface area contributed by atoms with E-state index in [9.17, 15) is 9.90 Å². The van der Waals surface area contributed by atoms with Crippen LogP contribution in [0.5, 0.6) is 0 Å². The quantitative estimate of drug-likeness (QED) is 0.597. The van der Waals surface area contributed by atoms with E-state index in [1.165, 1.54) is 6.20 Å². The van der Waals surface area contributed by atoms with Gasteiger partial charge in [-0.15, -0.1) is 0 Å². The van der Waals surface area contributed by atoms with Crippen molar-refractivity contribution in [2.24, 2.45) is 0 Å². The van der Waals surface area contributed by atoms with Gasteiger partial charge in [-0.1, -0.05) is 44.5 Å². The number of nitrogens with zero attached hydrogens (tertiary/aromatic N) is 4. The van der Waals surface area contributed by atoms with E-state index in [-0.39, 0.29) is 5.56 Å². The van der Waals surface area contributed by atoms with Crippen molar-refractivity contribution in [3.8, 4) is 11.1 Å². The lowest BCUT2D eigenvalue weighted by Gasteiger charge is -2.09. The minimum absolute atomic E-state index is 0.206. The highest BCUT2D eigenvalue weighted by molar-refractivity contribution is 5.95. The Hall–Kier alpha value is -3.02. The maximum absolute atomic E-state index is 11.4. The van der Waals surface area contributed by atoms with E-state index in [0.29, 0.717) is 12.1 Å². The van der Waals surface area contributed by atoms with Crippen LogP contribution in [0, 0.1) is 0 Å². The van der Waals surface area contributed by atoms with Gasteiger partial charge in [0.15, 0.2) is 5.82 Å². The predicted molar refractivity (Wildman–Crippen MR) is 108 cm³/mol. The van der Waals surface area contributed by atoms with E-state index in [0.717, 1.165) is 54.9 Å². The lowest BCUT2D eigenvalue weighted by molar-refractivity contribution is 0.0697. The van der Waals surface area contributed by atoms with Crippen molar-refractivity contribution in [1.29, 1.82) is 0 Å². The van der Waals surface area contributed by atoms with Crippen molar-refractivity contribution in [3.63, 3.8) is 0 Å². The van der Waals surface area contributed by atoms with Gasteiger partial charge in [-0.05, 0) is 35.6 Å². The molecule has 28 heavy (non-hydrogen) atoms. The molecular formula is C22H26N4O2. The summed E-state index contributed by atoms with van der Waals surface area (Å²) in [5.41, 5.74) is 2.85. The Balaban J connectivity index is 1.82. The van der Waals surface area contributed by atoms with Crippen LogP contribution in [0.4, 0.5) is 0 Å². The van der Waals surface area contributed by atoms with Crippen LogP contribution in [0.25, 0.3) is 11.1 Å². The number of benzene rings is 1. The van der Waals surface area contributed by atoms with Gasteiger partial charge in [0, 0.05) is 25.2 Å². The van der Waals surface area contributed by atoms with Crippen LogP contribution in [0.2, 0.25) is 0 Å². The van der Waals surface area contributed by atoms with Crippen molar-refractivity contribution in [1.82, 2.24) is 19.7 Å². The van der Waals surface area contributed by atoms with Crippen LogP contribution in [0.15, 0.2) is 42.7 Å². The van der Waals surface area contributed by atoms with Gasteiger partial charge in [-0.2, -0.15) is 5.10 Å². The minimum Gasteiger partial charge on any atom is -0.478 e. The van der Waals surface area contributed by atoms with Gasteiger partial charge in [0.1, 0.15) is 5.82 Å².